The number of hydrogen-bond donors (Lipinski definition) is 10. The number of rotatable bonds is 0. The molecule has 0 saturated carbocycles. The van der Waals surface area contributed by atoms with Crippen molar-refractivity contribution in [1.29, 1.82) is 0 Å². The second-order valence-electron chi connectivity index (χ2n) is 3.11. The fourth-order valence-corrected chi connectivity index (χ4v) is 0. The highest BCUT2D eigenvalue weighted by Gasteiger charge is 1.67. The van der Waals surface area contributed by atoms with Crippen molar-refractivity contribution in [3.8, 4) is 0 Å². The van der Waals surface area contributed by atoms with E-state index in [1.54, 1.807) is 0 Å². The molecule has 0 aliphatic heterocycles. The molecule has 16 nitrogen and oxygen atoms in total. The molecule has 0 radical (unpaired) electrons. The van der Waals surface area contributed by atoms with Crippen molar-refractivity contribution in [3.05, 3.63) is 52.6 Å². The molecule has 0 heterocycles. The van der Waals surface area contributed by atoms with Crippen LogP contribution in [0.1, 0.15) is 41.5 Å². The minimum atomic E-state index is -0.833. The maximum Gasteiger partial charge on any atom is 0.300 e. The summed E-state index contributed by atoms with van der Waals surface area (Å²) in [6, 6.07) is 0. The van der Waals surface area contributed by atoms with E-state index in [1.165, 1.54) is 0 Å². The van der Waals surface area contributed by atoms with E-state index in [9.17, 15) is 0 Å². The van der Waals surface area contributed by atoms with E-state index < -0.39 is 35.8 Å². The molecule has 0 rings (SSSR count). The zero-order valence-corrected chi connectivity index (χ0v) is 22.6. The van der Waals surface area contributed by atoms with E-state index >= 15 is 0 Å². The zero-order chi connectivity index (χ0) is 29.5. The predicted octanol–water partition coefficient (Wildman–Crippen LogP) is 4.40. The average Bonchev–Trinajstić information content (AvgIpc) is 2.58. The summed E-state index contributed by atoms with van der Waals surface area (Å²) in [6.07, 6.45) is 0. The van der Waals surface area contributed by atoms with Gasteiger partial charge in [0.1, 0.15) is 0 Å². The van der Waals surface area contributed by atoms with E-state index in [1.807, 2.05) is 0 Å². The van der Waals surface area contributed by atoms with Gasteiger partial charge in [-0.3, -0.25) is 28.8 Å². The van der Waals surface area contributed by atoms with Crippen molar-refractivity contribution in [1.82, 2.24) is 24.6 Å². The van der Waals surface area contributed by atoms with Crippen molar-refractivity contribution in [3.63, 3.8) is 0 Å². The third-order valence-electron chi connectivity index (χ3n) is 0. The minimum absolute atomic E-state index is 0. The molecule has 0 aliphatic rings. The second-order valence-corrected chi connectivity index (χ2v) is 3.11. The van der Waals surface area contributed by atoms with Crippen LogP contribution in [0, 0.1) is 0 Å². The van der Waals surface area contributed by atoms with Gasteiger partial charge < -0.3 is 55.2 Å². The SMILES string of the molecule is C=C.C=C.C=C.C=C.CC(=O)O.CC(=O)O.CC(=O)O.CC(=O)O.CC(=O)O.CC(=O)O.N.N.N.N. The van der Waals surface area contributed by atoms with E-state index in [4.69, 9.17) is 59.4 Å². The molecular formula is C20H52N4O12. The Kier molecular flexibility index (Phi) is 384. The molecule has 0 fully saturated rings. The van der Waals surface area contributed by atoms with E-state index in [0.29, 0.717) is 0 Å². The van der Waals surface area contributed by atoms with E-state index in [0.717, 1.165) is 41.5 Å². The van der Waals surface area contributed by atoms with Crippen LogP contribution in [0.4, 0.5) is 0 Å². The average molecular weight is 541 g/mol. The van der Waals surface area contributed by atoms with Crippen LogP contribution >= 0.6 is 0 Å². The molecule has 0 spiro atoms. The molecule has 16 heteroatoms. The normalized spacial score (nSPS) is 4.61. The molecule has 0 bridgehead atoms. The Morgan fingerprint density at radius 3 is 0.306 bits per heavy atom. The standard InChI is InChI=1S/6C2H4O2.4C2H4.4H3N/c6*1-2(3)4;4*1-2;;;;/h6*1H3,(H,3,4);4*1-2H2;4*1H3. The van der Waals surface area contributed by atoms with Gasteiger partial charge in [-0.15, -0.1) is 52.6 Å². The first-order chi connectivity index (χ1) is 14.4. The number of hydrogen-bond acceptors (Lipinski definition) is 10. The lowest BCUT2D eigenvalue weighted by Gasteiger charge is -1.59. The molecule has 0 atom stereocenters. The topological polar surface area (TPSA) is 364 Å². The quantitative estimate of drug-likeness (QED) is 0.190. The number of aliphatic carboxylic acids is 6. The molecule has 0 aliphatic carbocycles. The van der Waals surface area contributed by atoms with Crippen molar-refractivity contribution in [2.45, 2.75) is 41.5 Å². The summed E-state index contributed by atoms with van der Waals surface area (Å²) in [5.74, 6) is -5.00. The third-order valence-corrected chi connectivity index (χ3v) is 0. The minimum Gasteiger partial charge on any atom is -0.481 e. The van der Waals surface area contributed by atoms with Crippen molar-refractivity contribution in [2.75, 3.05) is 0 Å². The van der Waals surface area contributed by atoms with Crippen LogP contribution in [-0.4, -0.2) is 66.5 Å². The first kappa shape index (κ1) is 95.5. The smallest absolute Gasteiger partial charge is 0.300 e. The first-order valence-electron chi connectivity index (χ1n) is 7.57. The Morgan fingerprint density at radius 1 is 0.306 bits per heavy atom. The van der Waals surface area contributed by atoms with Gasteiger partial charge in [0.25, 0.3) is 35.8 Å². The lowest BCUT2D eigenvalue weighted by atomic mass is 10.9. The largest absolute Gasteiger partial charge is 0.481 e. The van der Waals surface area contributed by atoms with Crippen LogP contribution in [0.2, 0.25) is 0 Å². The van der Waals surface area contributed by atoms with E-state index in [-0.39, 0.29) is 24.6 Å². The third kappa shape index (κ3) is 1260. The Morgan fingerprint density at radius 2 is 0.306 bits per heavy atom. The van der Waals surface area contributed by atoms with Gasteiger partial charge in [-0.25, -0.2) is 0 Å². The van der Waals surface area contributed by atoms with Crippen LogP contribution in [0.15, 0.2) is 52.6 Å². The Labute approximate surface area is 214 Å². The number of carboxylic acid groups (broad SMARTS) is 6. The zero-order valence-electron chi connectivity index (χ0n) is 22.6. The van der Waals surface area contributed by atoms with Crippen LogP contribution in [-0.2, 0) is 28.8 Å². The summed E-state index contributed by atoms with van der Waals surface area (Å²) >= 11 is 0. The summed E-state index contributed by atoms with van der Waals surface area (Å²) < 4.78 is 0. The second kappa shape index (κ2) is 145. The molecule has 18 N–H and O–H groups in total. The Hall–Kier alpha value is -4.38. The van der Waals surface area contributed by atoms with Gasteiger partial charge in [-0.1, -0.05) is 0 Å². The van der Waals surface area contributed by atoms with Crippen molar-refractivity contribution in [2.24, 2.45) is 0 Å². The molecule has 0 unspecified atom stereocenters. The van der Waals surface area contributed by atoms with Gasteiger partial charge in [0.05, 0.1) is 0 Å². The predicted molar refractivity (Wildman–Crippen MR) is 145 cm³/mol. The van der Waals surface area contributed by atoms with Crippen molar-refractivity contribution < 1.29 is 59.4 Å². The van der Waals surface area contributed by atoms with Crippen LogP contribution in [0.5, 0.6) is 0 Å². The lowest BCUT2D eigenvalue weighted by Crippen LogP contribution is -1.78. The molecule has 0 aromatic carbocycles. The first-order valence-corrected chi connectivity index (χ1v) is 7.57. The van der Waals surface area contributed by atoms with E-state index in [2.05, 4.69) is 52.6 Å². The monoisotopic (exact) mass is 540 g/mol. The Bertz CT molecular complexity index is 325. The summed E-state index contributed by atoms with van der Waals surface area (Å²) in [6.45, 7) is 30.5. The molecule has 0 aromatic rings. The van der Waals surface area contributed by atoms with Crippen LogP contribution in [0.3, 0.4) is 0 Å². The maximum atomic E-state index is 9.00. The van der Waals surface area contributed by atoms with Gasteiger partial charge in [0.15, 0.2) is 0 Å². The number of carboxylic acids is 6. The molecular weight excluding hydrogens is 488 g/mol. The molecule has 0 amide bonds. The van der Waals surface area contributed by atoms with Gasteiger partial charge >= 0.3 is 0 Å². The highest BCUT2D eigenvalue weighted by molar-refractivity contribution is 5.64. The lowest BCUT2D eigenvalue weighted by molar-refractivity contribution is -0.135. The molecule has 0 saturated heterocycles. The highest BCUT2D eigenvalue weighted by Crippen LogP contribution is 1.43. The summed E-state index contributed by atoms with van der Waals surface area (Å²) in [4.78, 5) is 54.0. The molecule has 0 aromatic heterocycles. The van der Waals surface area contributed by atoms with Gasteiger partial charge in [0.2, 0.25) is 0 Å². The molecule has 224 valence electrons. The number of carbonyl (C=O) groups is 6. The Balaban J connectivity index is -0.0000000125. The fraction of sp³-hybridized carbons (Fsp3) is 0.300. The summed E-state index contributed by atoms with van der Waals surface area (Å²) in [5, 5.41) is 44.5. The maximum absolute atomic E-state index is 9.00. The fourth-order valence-electron chi connectivity index (χ4n) is 0. The van der Waals surface area contributed by atoms with Crippen LogP contribution < -0.4 is 24.6 Å². The summed E-state index contributed by atoms with van der Waals surface area (Å²) in [7, 11) is 0. The molecule has 36 heavy (non-hydrogen) atoms. The van der Waals surface area contributed by atoms with Gasteiger partial charge in [0, 0.05) is 41.5 Å². The van der Waals surface area contributed by atoms with Crippen molar-refractivity contribution >= 4 is 35.8 Å². The van der Waals surface area contributed by atoms with Gasteiger partial charge in [-0.2, -0.15) is 0 Å². The van der Waals surface area contributed by atoms with Gasteiger partial charge in [-0.05, 0) is 0 Å². The highest BCUT2D eigenvalue weighted by atomic mass is 16.4. The van der Waals surface area contributed by atoms with Crippen LogP contribution in [0.25, 0.3) is 0 Å². The summed E-state index contributed by atoms with van der Waals surface area (Å²) in [5.41, 5.74) is 0.